The van der Waals surface area contributed by atoms with Crippen molar-refractivity contribution in [2.75, 3.05) is 39.6 Å². The second-order valence-corrected chi connectivity index (χ2v) is 32.9. The summed E-state index contributed by atoms with van der Waals surface area (Å²) < 4.78 is 68.7. The largest absolute Gasteiger partial charge is 0.472 e. The van der Waals surface area contributed by atoms with Crippen LogP contribution in [0.2, 0.25) is 0 Å². The lowest BCUT2D eigenvalue weighted by atomic mass is 9.99. The molecule has 0 aliphatic carbocycles. The van der Waals surface area contributed by atoms with Gasteiger partial charge in [-0.1, -0.05) is 363 Å². The van der Waals surface area contributed by atoms with Crippen LogP contribution in [0.1, 0.15) is 414 Å². The molecule has 0 radical (unpaired) electrons. The molecule has 99 heavy (non-hydrogen) atoms. The van der Waals surface area contributed by atoms with Crippen LogP contribution < -0.4 is 0 Å². The van der Waals surface area contributed by atoms with Crippen LogP contribution in [0.5, 0.6) is 0 Å². The summed E-state index contributed by atoms with van der Waals surface area (Å²) in [5.74, 6) is 0.217. The van der Waals surface area contributed by atoms with Crippen molar-refractivity contribution in [3.05, 3.63) is 0 Å². The molecule has 0 heterocycles. The number of rotatable bonds is 78. The Hall–Kier alpha value is -1.94. The third-order valence-corrected chi connectivity index (χ3v) is 20.9. The summed E-state index contributed by atoms with van der Waals surface area (Å²) in [6.45, 7) is 12.0. The molecule has 0 rings (SSSR count). The van der Waals surface area contributed by atoms with Gasteiger partial charge in [-0.15, -0.1) is 0 Å². The van der Waals surface area contributed by atoms with Crippen LogP contribution in [-0.4, -0.2) is 96.7 Å². The highest BCUT2D eigenvalue weighted by Gasteiger charge is 2.30. The Morgan fingerprint density at radius 1 is 0.293 bits per heavy atom. The normalized spacial score (nSPS) is 14.3. The van der Waals surface area contributed by atoms with Gasteiger partial charge >= 0.3 is 39.5 Å². The second kappa shape index (κ2) is 70.4. The molecule has 17 nitrogen and oxygen atoms in total. The Labute approximate surface area is 607 Å². The quantitative estimate of drug-likeness (QED) is 0.0222. The van der Waals surface area contributed by atoms with Crippen molar-refractivity contribution >= 4 is 39.5 Å². The zero-order valence-electron chi connectivity index (χ0n) is 65.0. The predicted molar refractivity (Wildman–Crippen MR) is 405 cm³/mol. The van der Waals surface area contributed by atoms with E-state index >= 15 is 0 Å². The Bertz CT molecular complexity index is 1920. The van der Waals surface area contributed by atoms with E-state index in [9.17, 15) is 43.2 Å². The van der Waals surface area contributed by atoms with Crippen molar-refractivity contribution in [2.45, 2.75) is 433 Å². The molecular weight excluding hydrogens is 1290 g/mol. The minimum atomic E-state index is -4.96. The molecule has 3 N–H and O–H groups in total. The standard InChI is InChI=1S/C80H156O17P2/c1-8-10-11-12-13-14-15-16-17-18-19-20-21-26-34-42-49-56-63-79(84)96-75(67-90-77(82)61-54-47-40-33-25-23-22-24-30-37-44-51-58-71(3)4)69-94-98(86,87)92-65-74(81)66-93-99(88,89)95-70-76(68-91-78(83)62-55-48-41-36-29-31-38-45-52-59-72(5)6)97-80(85)64-57-50-43-35-28-27-32-39-46-53-60-73(7)9-2/h71-76,81H,8-70H2,1-7H3,(H,86,87)(H,88,89)/t73?,74-,75-,76-/m1/s1. The number of aliphatic hydroxyl groups excluding tert-OH is 1. The Morgan fingerprint density at radius 2 is 0.515 bits per heavy atom. The molecule has 0 spiro atoms. The van der Waals surface area contributed by atoms with E-state index in [1.807, 2.05) is 0 Å². The molecule has 0 aromatic rings. The fourth-order valence-electron chi connectivity index (χ4n) is 12.3. The second-order valence-electron chi connectivity index (χ2n) is 30.0. The van der Waals surface area contributed by atoms with E-state index in [0.29, 0.717) is 25.7 Å². The molecule has 0 saturated carbocycles. The number of phosphoric acid groups is 2. The Kier molecular flexibility index (Phi) is 69.0. The van der Waals surface area contributed by atoms with E-state index in [1.165, 1.54) is 225 Å². The molecule has 3 unspecified atom stereocenters. The first-order valence-corrected chi connectivity index (χ1v) is 44.4. The highest BCUT2D eigenvalue weighted by Crippen LogP contribution is 2.45. The van der Waals surface area contributed by atoms with E-state index in [-0.39, 0.29) is 25.7 Å². The Balaban J connectivity index is 5.27. The maximum absolute atomic E-state index is 13.1. The van der Waals surface area contributed by atoms with Crippen molar-refractivity contribution in [2.24, 2.45) is 17.8 Å². The number of hydrogen-bond donors (Lipinski definition) is 3. The first-order valence-electron chi connectivity index (χ1n) is 41.4. The van der Waals surface area contributed by atoms with E-state index in [1.54, 1.807) is 0 Å². The number of unbranched alkanes of at least 4 members (excludes halogenated alkanes) is 45. The maximum Gasteiger partial charge on any atom is 0.472 e. The molecule has 0 fully saturated rings. The summed E-state index contributed by atoms with van der Waals surface area (Å²) in [6, 6.07) is 0. The molecule has 19 heteroatoms. The van der Waals surface area contributed by atoms with Crippen LogP contribution in [0.4, 0.5) is 0 Å². The monoisotopic (exact) mass is 1450 g/mol. The third-order valence-electron chi connectivity index (χ3n) is 19.0. The van der Waals surface area contributed by atoms with Crippen LogP contribution >= 0.6 is 15.6 Å². The van der Waals surface area contributed by atoms with Gasteiger partial charge in [0.1, 0.15) is 19.3 Å². The fraction of sp³-hybridized carbons (Fsp3) is 0.950. The number of phosphoric ester groups is 2. The number of ether oxygens (including phenoxy) is 4. The summed E-state index contributed by atoms with van der Waals surface area (Å²) in [7, 11) is -9.92. The van der Waals surface area contributed by atoms with Crippen molar-refractivity contribution in [1.82, 2.24) is 0 Å². The molecule has 0 saturated heterocycles. The lowest BCUT2D eigenvalue weighted by Gasteiger charge is -2.21. The number of esters is 4. The van der Waals surface area contributed by atoms with Crippen LogP contribution in [0.15, 0.2) is 0 Å². The molecule has 588 valence electrons. The van der Waals surface area contributed by atoms with E-state index in [0.717, 1.165) is 108 Å². The van der Waals surface area contributed by atoms with Crippen molar-refractivity contribution in [3.63, 3.8) is 0 Å². The van der Waals surface area contributed by atoms with Gasteiger partial charge < -0.3 is 33.8 Å². The number of carbonyl (C=O) groups is 4. The maximum atomic E-state index is 13.1. The van der Waals surface area contributed by atoms with Gasteiger partial charge in [-0.3, -0.25) is 37.3 Å². The van der Waals surface area contributed by atoms with Gasteiger partial charge in [-0.25, -0.2) is 9.13 Å². The summed E-state index contributed by atoms with van der Waals surface area (Å²) >= 11 is 0. The molecule has 0 aromatic carbocycles. The lowest BCUT2D eigenvalue weighted by molar-refractivity contribution is -0.161. The van der Waals surface area contributed by atoms with Crippen molar-refractivity contribution < 1.29 is 80.2 Å². The minimum absolute atomic E-state index is 0.106. The zero-order valence-corrected chi connectivity index (χ0v) is 66.8. The predicted octanol–water partition coefficient (Wildman–Crippen LogP) is 23.7. The topological polar surface area (TPSA) is 237 Å². The average molecular weight is 1450 g/mol. The number of carbonyl (C=O) groups excluding carboxylic acids is 4. The van der Waals surface area contributed by atoms with Crippen LogP contribution in [0, 0.1) is 17.8 Å². The first kappa shape index (κ1) is 97.1. The van der Waals surface area contributed by atoms with Gasteiger partial charge in [0.15, 0.2) is 12.2 Å². The molecule has 0 aliphatic heterocycles. The third kappa shape index (κ3) is 72.8. The Morgan fingerprint density at radius 3 is 0.768 bits per heavy atom. The summed E-state index contributed by atoms with van der Waals surface area (Å²) in [4.78, 5) is 73.0. The van der Waals surface area contributed by atoms with E-state index < -0.39 is 97.5 Å². The van der Waals surface area contributed by atoms with Crippen molar-refractivity contribution in [1.29, 1.82) is 0 Å². The molecule has 0 amide bonds. The summed E-state index contributed by atoms with van der Waals surface area (Å²) in [5, 5.41) is 10.6. The number of aliphatic hydroxyl groups is 1. The molecule has 0 aliphatic rings. The molecule has 0 aromatic heterocycles. The minimum Gasteiger partial charge on any atom is -0.462 e. The van der Waals surface area contributed by atoms with Crippen LogP contribution in [0.25, 0.3) is 0 Å². The zero-order chi connectivity index (χ0) is 73.0. The summed E-state index contributed by atoms with van der Waals surface area (Å²) in [5.41, 5.74) is 0. The average Bonchev–Trinajstić information content (AvgIpc) is 1.13. The fourth-order valence-corrected chi connectivity index (χ4v) is 13.9. The van der Waals surface area contributed by atoms with E-state index in [4.69, 9.17) is 37.0 Å². The molecule has 0 bridgehead atoms. The van der Waals surface area contributed by atoms with Gasteiger partial charge in [0, 0.05) is 25.7 Å². The van der Waals surface area contributed by atoms with Crippen LogP contribution in [0.3, 0.4) is 0 Å². The van der Waals surface area contributed by atoms with E-state index in [2.05, 4.69) is 48.5 Å². The summed E-state index contributed by atoms with van der Waals surface area (Å²) in [6.07, 6.45) is 58.1. The van der Waals surface area contributed by atoms with Crippen LogP contribution in [-0.2, 0) is 65.4 Å². The van der Waals surface area contributed by atoms with Gasteiger partial charge in [0.05, 0.1) is 26.4 Å². The van der Waals surface area contributed by atoms with Gasteiger partial charge in [0.2, 0.25) is 0 Å². The van der Waals surface area contributed by atoms with Gasteiger partial charge in [-0.2, -0.15) is 0 Å². The SMILES string of the molecule is CCCCCCCCCCCCCCCCCCCCC(=O)O[C@H](COC(=O)CCCCCCCCCCCCCCC(C)C)COP(=O)(O)OC[C@@H](O)COP(=O)(O)OC[C@@H](COC(=O)CCCCCCCCCCCC(C)C)OC(=O)CCCCCCCCCCCCC(C)CC. The first-order chi connectivity index (χ1) is 47.8. The lowest BCUT2D eigenvalue weighted by Crippen LogP contribution is -2.30. The molecule has 6 atom stereocenters. The highest BCUT2D eigenvalue weighted by atomic mass is 31.2. The number of hydrogen-bond acceptors (Lipinski definition) is 15. The van der Waals surface area contributed by atoms with Gasteiger partial charge in [-0.05, 0) is 43.4 Å². The highest BCUT2D eigenvalue weighted by molar-refractivity contribution is 7.47. The van der Waals surface area contributed by atoms with Crippen molar-refractivity contribution in [3.8, 4) is 0 Å². The molecular formula is C80H156O17P2. The smallest absolute Gasteiger partial charge is 0.462 e. The van der Waals surface area contributed by atoms with Gasteiger partial charge in [0.25, 0.3) is 0 Å².